The van der Waals surface area contributed by atoms with Gasteiger partial charge in [0.05, 0.1) is 18.1 Å². The number of thiazole rings is 1. The Balaban J connectivity index is 2.52. The highest BCUT2D eigenvalue weighted by Gasteiger charge is 2.02. The monoisotopic (exact) mass is 204 g/mol. The fourth-order valence-corrected chi connectivity index (χ4v) is 1.93. The number of hydrogen-bond donors (Lipinski definition) is 0. The lowest BCUT2D eigenvalue weighted by atomic mass is 10.5. The second kappa shape index (κ2) is 4.80. The molecule has 12 heavy (non-hydrogen) atoms. The van der Waals surface area contributed by atoms with Crippen LogP contribution >= 0.6 is 22.9 Å². The molecule has 0 amide bonds. The van der Waals surface area contributed by atoms with Gasteiger partial charge in [-0.15, -0.1) is 22.9 Å². The smallest absolute Gasteiger partial charge is 0.107 e. The molecule has 0 aliphatic heterocycles. The Hall–Kier alpha value is -0.120. The van der Waals surface area contributed by atoms with Gasteiger partial charge in [-0.25, -0.2) is 4.98 Å². The summed E-state index contributed by atoms with van der Waals surface area (Å²) < 4.78 is 0. The molecule has 1 aromatic heterocycles. The minimum absolute atomic E-state index is 0.520. The maximum atomic E-state index is 5.64. The molecule has 0 N–H and O–H groups in total. The molecule has 0 saturated carbocycles. The summed E-state index contributed by atoms with van der Waals surface area (Å²) in [7, 11) is 2.09. The number of nitrogens with zero attached hydrogens (tertiary/aromatic N) is 2. The van der Waals surface area contributed by atoms with Crippen molar-refractivity contribution >= 4 is 22.9 Å². The van der Waals surface area contributed by atoms with E-state index in [2.05, 4.69) is 23.9 Å². The van der Waals surface area contributed by atoms with E-state index < -0.39 is 0 Å². The van der Waals surface area contributed by atoms with E-state index in [1.54, 1.807) is 11.3 Å². The molecule has 0 fully saturated rings. The van der Waals surface area contributed by atoms with Gasteiger partial charge < -0.3 is 0 Å². The van der Waals surface area contributed by atoms with Gasteiger partial charge in [0.1, 0.15) is 5.01 Å². The van der Waals surface area contributed by atoms with Crippen LogP contribution in [0.2, 0.25) is 0 Å². The highest BCUT2D eigenvalue weighted by atomic mass is 35.5. The molecule has 1 rings (SSSR count). The van der Waals surface area contributed by atoms with Gasteiger partial charge in [-0.2, -0.15) is 0 Å². The van der Waals surface area contributed by atoms with Crippen molar-refractivity contribution in [3.05, 3.63) is 16.1 Å². The summed E-state index contributed by atoms with van der Waals surface area (Å²) in [6, 6.07) is 0. The Morgan fingerprint density at radius 2 is 2.42 bits per heavy atom. The van der Waals surface area contributed by atoms with Gasteiger partial charge in [-0.3, -0.25) is 4.90 Å². The third kappa shape index (κ3) is 2.73. The quantitative estimate of drug-likeness (QED) is 0.700. The second-order valence-electron chi connectivity index (χ2n) is 2.70. The summed E-state index contributed by atoms with van der Waals surface area (Å²) in [4.78, 5) is 6.58. The molecular weight excluding hydrogens is 192 g/mol. The third-order valence-corrected chi connectivity index (χ3v) is 2.84. The summed E-state index contributed by atoms with van der Waals surface area (Å²) in [6.07, 6.45) is 0. The molecule has 0 unspecified atom stereocenters. The van der Waals surface area contributed by atoms with E-state index in [1.807, 2.05) is 5.38 Å². The second-order valence-corrected chi connectivity index (χ2v) is 3.91. The van der Waals surface area contributed by atoms with Crippen molar-refractivity contribution in [2.75, 3.05) is 13.6 Å². The maximum absolute atomic E-state index is 5.64. The van der Waals surface area contributed by atoms with Crippen molar-refractivity contribution in [1.82, 2.24) is 9.88 Å². The minimum atomic E-state index is 0.520. The molecule has 0 radical (unpaired) electrons. The van der Waals surface area contributed by atoms with Crippen LogP contribution in [0.25, 0.3) is 0 Å². The number of alkyl halides is 1. The van der Waals surface area contributed by atoms with Crippen LogP contribution in [0, 0.1) is 0 Å². The van der Waals surface area contributed by atoms with E-state index in [4.69, 9.17) is 11.6 Å². The highest BCUT2D eigenvalue weighted by Crippen LogP contribution is 2.12. The molecule has 0 bridgehead atoms. The Kier molecular flexibility index (Phi) is 3.98. The number of halogens is 1. The van der Waals surface area contributed by atoms with Gasteiger partial charge in [0.15, 0.2) is 0 Å². The first kappa shape index (κ1) is 9.96. The fraction of sp³-hybridized carbons (Fsp3) is 0.625. The first-order valence-electron chi connectivity index (χ1n) is 3.94. The standard InChI is InChI=1S/C8H13ClN2S/c1-3-11(2)5-8-10-7(4-9)6-12-8/h6H,3-5H2,1-2H3. The predicted octanol–water partition coefficient (Wildman–Crippen LogP) is 2.33. The van der Waals surface area contributed by atoms with Crippen molar-refractivity contribution in [1.29, 1.82) is 0 Å². The van der Waals surface area contributed by atoms with Gasteiger partial charge in [-0.05, 0) is 13.6 Å². The molecule has 1 aromatic rings. The van der Waals surface area contributed by atoms with Crippen LogP contribution in [0.15, 0.2) is 5.38 Å². The van der Waals surface area contributed by atoms with Crippen molar-refractivity contribution < 1.29 is 0 Å². The lowest BCUT2D eigenvalue weighted by Gasteiger charge is -2.10. The van der Waals surface area contributed by atoms with Crippen LogP contribution in [0.4, 0.5) is 0 Å². The summed E-state index contributed by atoms with van der Waals surface area (Å²) in [5.74, 6) is 0.520. The molecule has 0 aliphatic rings. The zero-order valence-electron chi connectivity index (χ0n) is 7.38. The number of rotatable bonds is 4. The zero-order chi connectivity index (χ0) is 8.97. The number of aromatic nitrogens is 1. The zero-order valence-corrected chi connectivity index (χ0v) is 8.95. The lowest BCUT2D eigenvalue weighted by Crippen LogP contribution is -2.16. The first-order chi connectivity index (χ1) is 5.76. The lowest BCUT2D eigenvalue weighted by molar-refractivity contribution is 0.345. The SMILES string of the molecule is CCN(C)Cc1nc(CCl)cs1. The summed E-state index contributed by atoms with van der Waals surface area (Å²) in [5, 5.41) is 3.17. The van der Waals surface area contributed by atoms with Crippen molar-refractivity contribution in [2.24, 2.45) is 0 Å². The van der Waals surface area contributed by atoms with E-state index in [9.17, 15) is 0 Å². The van der Waals surface area contributed by atoms with Crippen molar-refractivity contribution in [3.8, 4) is 0 Å². The van der Waals surface area contributed by atoms with E-state index in [0.717, 1.165) is 23.8 Å². The molecule has 0 spiro atoms. The highest BCUT2D eigenvalue weighted by molar-refractivity contribution is 7.09. The van der Waals surface area contributed by atoms with Gasteiger partial charge in [0.2, 0.25) is 0 Å². The summed E-state index contributed by atoms with van der Waals surface area (Å²) in [5.41, 5.74) is 0.987. The Labute approximate surface area is 82.2 Å². The van der Waals surface area contributed by atoms with Crippen molar-refractivity contribution in [3.63, 3.8) is 0 Å². The number of hydrogen-bond acceptors (Lipinski definition) is 3. The van der Waals surface area contributed by atoms with Crippen LogP contribution < -0.4 is 0 Å². The van der Waals surface area contributed by atoms with E-state index in [-0.39, 0.29) is 0 Å². The van der Waals surface area contributed by atoms with Gasteiger partial charge in [-0.1, -0.05) is 6.92 Å². The molecule has 0 aliphatic carbocycles. The first-order valence-corrected chi connectivity index (χ1v) is 5.35. The summed E-state index contributed by atoms with van der Waals surface area (Å²) >= 11 is 7.32. The molecule has 1 heterocycles. The molecule has 0 saturated heterocycles. The Morgan fingerprint density at radius 1 is 1.67 bits per heavy atom. The molecule has 4 heteroatoms. The van der Waals surface area contributed by atoms with Gasteiger partial charge in [0.25, 0.3) is 0 Å². The van der Waals surface area contributed by atoms with Crippen molar-refractivity contribution in [2.45, 2.75) is 19.3 Å². The van der Waals surface area contributed by atoms with Crippen LogP contribution in [0.1, 0.15) is 17.6 Å². The normalized spacial score (nSPS) is 11.0. The fourth-order valence-electron chi connectivity index (χ4n) is 0.826. The van der Waals surface area contributed by atoms with Crippen LogP contribution in [0.3, 0.4) is 0 Å². The minimum Gasteiger partial charge on any atom is -0.300 e. The molecule has 68 valence electrons. The third-order valence-electron chi connectivity index (χ3n) is 1.68. The summed E-state index contributed by atoms with van der Waals surface area (Å²) in [6.45, 7) is 4.11. The molecule has 0 aromatic carbocycles. The Bertz CT molecular complexity index is 237. The van der Waals surface area contributed by atoms with Crippen LogP contribution in [-0.2, 0) is 12.4 Å². The average Bonchev–Trinajstić information content (AvgIpc) is 2.52. The maximum Gasteiger partial charge on any atom is 0.107 e. The van der Waals surface area contributed by atoms with E-state index >= 15 is 0 Å². The van der Waals surface area contributed by atoms with Crippen LogP contribution in [0.5, 0.6) is 0 Å². The average molecular weight is 205 g/mol. The molecule has 0 atom stereocenters. The molecule has 2 nitrogen and oxygen atoms in total. The molecular formula is C8H13ClN2S. The van der Waals surface area contributed by atoms with E-state index in [0.29, 0.717) is 5.88 Å². The van der Waals surface area contributed by atoms with E-state index in [1.165, 1.54) is 0 Å². The van der Waals surface area contributed by atoms with Gasteiger partial charge in [0, 0.05) is 5.38 Å². The van der Waals surface area contributed by atoms with Crippen LogP contribution in [-0.4, -0.2) is 23.5 Å². The predicted molar refractivity (Wildman–Crippen MR) is 53.7 cm³/mol. The topological polar surface area (TPSA) is 16.1 Å². The largest absolute Gasteiger partial charge is 0.300 e. The Morgan fingerprint density at radius 3 is 2.92 bits per heavy atom. The van der Waals surface area contributed by atoms with Gasteiger partial charge >= 0.3 is 0 Å².